The van der Waals surface area contributed by atoms with E-state index in [9.17, 15) is 4.79 Å². The molecule has 0 unspecified atom stereocenters. The molecule has 0 amide bonds. The van der Waals surface area contributed by atoms with E-state index in [4.69, 9.17) is 5.11 Å². The average molecular weight is 322 g/mol. The molecule has 0 aliphatic carbocycles. The minimum Gasteiger partial charge on any atom is -1.00 e. The third kappa shape index (κ3) is 30.0. The molecule has 3 nitrogen and oxygen atoms in total. The normalized spacial score (nSPS) is 9.19. The molecule has 0 aliphatic heterocycles. The van der Waals surface area contributed by atoms with E-state index < -0.39 is 5.97 Å². The average Bonchev–Trinajstić information content (AvgIpc) is 2.34. The molecule has 0 atom stereocenters. The fourth-order valence-electron chi connectivity index (χ4n) is 2.29. The Labute approximate surface area is 178 Å². The van der Waals surface area contributed by atoms with Crippen LogP contribution >= 0.6 is 0 Å². The van der Waals surface area contributed by atoms with Gasteiger partial charge in [-0.05, 0) is 6.42 Å². The van der Waals surface area contributed by atoms with Crippen LogP contribution in [0.25, 0.3) is 0 Å². The Morgan fingerprint density at radius 2 is 1.00 bits per heavy atom. The van der Waals surface area contributed by atoms with Crippen LogP contribution in [0.5, 0.6) is 0 Å². The van der Waals surface area contributed by atoms with Gasteiger partial charge in [0.05, 0.1) is 0 Å². The van der Waals surface area contributed by atoms with E-state index >= 15 is 0 Å². The van der Waals surface area contributed by atoms with Crippen LogP contribution in [-0.2, 0) is 4.79 Å². The van der Waals surface area contributed by atoms with Crippen LogP contribution < -0.4 is 59.1 Å². The quantitative estimate of drug-likeness (QED) is 0.328. The molecule has 0 heterocycles. The van der Waals surface area contributed by atoms with Crippen LogP contribution in [0, 0.1) is 0 Å². The number of unbranched alkanes of at least 4 members (excludes halogenated alkanes) is 12. The van der Waals surface area contributed by atoms with Gasteiger partial charge in [0.25, 0.3) is 0 Å². The van der Waals surface area contributed by atoms with Crippen molar-refractivity contribution in [2.45, 2.75) is 96.8 Å². The molecule has 0 aliphatic rings. The first-order valence-electron chi connectivity index (χ1n) is 7.99. The molecule has 0 fully saturated rings. The Morgan fingerprint density at radius 1 is 0.714 bits per heavy atom. The van der Waals surface area contributed by atoms with E-state index in [2.05, 4.69) is 6.92 Å². The summed E-state index contributed by atoms with van der Waals surface area (Å²) in [6, 6.07) is 0. The molecular formula is C16H36Na2O3. The van der Waals surface area contributed by atoms with E-state index in [1.54, 1.807) is 0 Å². The predicted octanol–water partition coefficient (Wildman–Crippen LogP) is -1.04. The Balaban J connectivity index is -0.000000144. The van der Waals surface area contributed by atoms with Crippen molar-refractivity contribution in [3.05, 3.63) is 0 Å². The molecule has 120 valence electrons. The first-order valence-corrected chi connectivity index (χ1v) is 7.99. The molecule has 0 radical (unpaired) electrons. The Bertz CT molecular complexity index is 200. The van der Waals surface area contributed by atoms with Gasteiger partial charge in [-0.25, -0.2) is 0 Å². The van der Waals surface area contributed by atoms with Gasteiger partial charge < -0.3 is 13.4 Å². The SMILES string of the molecule is CCCCCCCCCCCCCCCC(=O)O.O.[H-].[H-].[Na+].[Na+]. The van der Waals surface area contributed by atoms with Crippen molar-refractivity contribution in [1.82, 2.24) is 0 Å². The fraction of sp³-hybridized carbons (Fsp3) is 0.938. The Hall–Kier alpha value is 1.43. The van der Waals surface area contributed by atoms with Gasteiger partial charge in [-0.2, -0.15) is 0 Å². The molecule has 0 saturated carbocycles. The molecular weight excluding hydrogens is 286 g/mol. The monoisotopic (exact) mass is 322 g/mol. The molecule has 0 rings (SSSR count). The minimum atomic E-state index is -0.655. The van der Waals surface area contributed by atoms with Gasteiger partial charge >= 0.3 is 65.1 Å². The first kappa shape index (κ1) is 30.3. The van der Waals surface area contributed by atoms with Crippen LogP contribution in [0.3, 0.4) is 0 Å². The molecule has 21 heavy (non-hydrogen) atoms. The van der Waals surface area contributed by atoms with Crippen LogP contribution in [0.1, 0.15) is 99.7 Å². The molecule has 3 N–H and O–H groups in total. The van der Waals surface area contributed by atoms with Gasteiger partial charge in [-0.3, -0.25) is 4.79 Å². The second kappa shape index (κ2) is 26.3. The van der Waals surface area contributed by atoms with E-state index in [-0.39, 0.29) is 67.4 Å². The number of hydrogen-bond donors (Lipinski definition) is 1. The van der Waals surface area contributed by atoms with Crippen LogP contribution in [0.15, 0.2) is 0 Å². The smallest absolute Gasteiger partial charge is 1.00 e. The second-order valence-electron chi connectivity index (χ2n) is 5.39. The van der Waals surface area contributed by atoms with Crippen molar-refractivity contribution < 1.29 is 77.3 Å². The zero-order chi connectivity index (χ0) is 13.5. The fourth-order valence-corrected chi connectivity index (χ4v) is 2.29. The van der Waals surface area contributed by atoms with Gasteiger partial charge in [-0.1, -0.05) is 84.0 Å². The van der Waals surface area contributed by atoms with Crippen molar-refractivity contribution in [2.24, 2.45) is 0 Å². The molecule has 0 spiro atoms. The maximum atomic E-state index is 10.3. The maximum absolute atomic E-state index is 10.3. The summed E-state index contributed by atoms with van der Waals surface area (Å²) in [5.41, 5.74) is 0. The summed E-state index contributed by atoms with van der Waals surface area (Å²) in [7, 11) is 0. The number of hydrogen-bond acceptors (Lipinski definition) is 1. The predicted molar refractivity (Wildman–Crippen MR) is 83.8 cm³/mol. The molecule has 0 aromatic rings. The van der Waals surface area contributed by atoms with E-state index in [0.717, 1.165) is 12.8 Å². The standard InChI is InChI=1S/C16H32O2.2Na.H2O.2H/c1-2-3-4-5-6-7-8-9-10-11-12-13-14-15-16(17)18;;;;;/h2-15H2,1H3,(H,17,18);;;1H2;;/q;2*+1;;2*-1. The van der Waals surface area contributed by atoms with Crippen molar-refractivity contribution in [1.29, 1.82) is 0 Å². The number of rotatable bonds is 14. The summed E-state index contributed by atoms with van der Waals surface area (Å²) in [5, 5.41) is 8.49. The van der Waals surface area contributed by atoms with Gasteiger partial charge in [0.2, 0.25) is 0 Å². The van der Waals surface area contributed by atoms with E-state index in [0.29, 0.717) is 6.42 Å². The summed E-state index contributed by atoms with van der Waals surface area (Å²) in [4.78, 5) is 10.3. The van der Waals surface area contributed by atoms with Crippen LogP contribution in [-0.4, -0.2) is 16.6 Å². The molecule has 0 saturated heterocycles. The summed E-state index contributed by atoms with van der Waals surface area (Å²) >= 11 is 0. The molecule has 5 heteroatoms. The molecule has 0 aromatic carbocycles. The maximum Gasteiger partial charge on any atom is 1.00 e. The summed E-state index contributed by atoms with van der Waals surface area (Å²) in [5.74, 6) is -0.655. The minimum absolute atomic E-state index is 0. The van der Waals surface area contributed by atoms with E-state index in [1.807, 2.05) is 0 Å². The van der Waals surface area contributed by atoms with Crippen molar-refractivity contribution in [2.75, 3.05) is 0 Å². The summed E-state index contributed by atoms with van der Waals surface area (Å²) in [6.45, 7) is 2.26. The zero-order valence-electron chi connectivity index (χ0n) is 16.8. The number of carboxylic acids is 1. The zero-order valence-corrected chi connectivity index (χ0v) is 18.8. The third-order valence-electron chi connectivity index (χ3n) is 3.49. The number of aliphatic carboxylic acids is 1. The van der Waals surface area contributed by atoms with Gasteiger partial charge in [0, 0.05) is 6.42 Å². The number of carboxylic acid groups (broad SMARTS) is 1. The van der Waals surface area contributed by atoms with Crippen molar-refractivity contribution in [3.8, 4) is 0 Å². The molecule has 0 bridgehead atoms. The van der Waals surface area contributed by atoms with Gasteiger partial charge in [0.1, 0.15) is 0 Å². The third-order valence-corrected chi connectivity index (χ3v) is 3.49. The first-order chi connectivity index (χ1) is 8.77. The van der Waals surface area contributed by atoms with Gasteiger partial charge in [0.15, 0.2) is 0 Å². The summed E-state index contributed by atoms with van der Waals surface area (Å²) < 4.78 is 0. The second-order valence-corrected chi connectivity index (χ2v) is 5.39. The summed E-state index contributed by atoms with van der Waals surface area (Å²) in [6.07, 6.45) is 17.3. The number of carbonyl (C=O) groups is 1. The Kier molecular flexibility index (Phi) is 38.0. The van der Waals surface area contributed by atoms with Crippen molar-refractivity contribution >= 4 is 5.97 Å². The van der Waals surface area contributed by atoms with Crippen molar-refractivity contribution in [3.63, 3.8) is 0 Å². The topological polar surface area (TPSA) is 68.8 Å². The van der Waals surface area contributed by atoms with Gasteiger partial charge in [-0.15, -0.1) is 0 Å². The largest absolute Gasteiger partial charge is 1.00 e. The van der Waals surface area contributed by atoms with Crippen LogP contribution in [0.4, 0.5) is 0 Å². The Morgan fingerprint density at radius 3 is 1.29 bits per heavy atom. The van der Waals surface area contributed by atoms with Crippen LogP contribution in [0.2, 0.25) is 0 Å². The molecule has 0 aromatic heterocycles. The van der Waals surface area contributed by atoms with E-state index in [1.165, 1.54) is 70.6 Å².